The van der Waals surface area contributed by atoms with E-state index < -0.39 is 0 Å². The molecule has 0 saturated carbocycles. The van der Waals surface area contributed by atoms with Crippen molar-refractivity contribution < 1.29 is 0 Å². The Kier molecular flexibility index (Phi) is 3.30. The van der Waals surface area contributed by atoms with E-state index in [4.69, 9.17) is 5.73 Å². The predicted octanol–water partition coefficient (Wildman–Crippen LogP) is 3.42. The maximum absolute atomic E-state index is 6.28. The lowest BCUT2D eigenvalue weighted by atomic mass is 9.84. The van der Waals surface area contributed by atoms with Crippen LogP contribution < -0.4 is 5.73 Å². The molecule has 1 nitrogen and oxygen atoms in total. The highest BCUT2D eigenvalue weighted by atomic mass is 14.7. The molecule has 3 unspecified atom stereocenters. The third-order valence-electron chi connectivity index (χ3n) is 4.13. The van der Waals surface area contributed by atoms with Crippen molar-refractivity contribution >= 4 is 0 Å². The first-order valence-corrected chi connectivity index (χ1v) is 6.38. The van der Waals surface area contributed by atoms with E-state index >= 15 is 0 Å². The molecule has 3 atom stereocenters. The van der Waals surface area contributed by atoms with Gasteiger partial charge in [-0.3, -0.25) is 0 Å². The maximum atomic E-state index is 6.28. The number of hydrogen-bond donors (Lipinski definition) is 1. The minimum atomic E-state index is 0.406. The summed E-state index contributed by atoms with van der Waals surface area (Å²) in [5.74, 6) is 1.43. The summed E-state index contributed by atoms with van der Waals surface area (Å²) in [5.41, 5.74) is 9.59. The molecule has 0 fully saturated rings. The van der Waals surface area contributed by atoms with Crippen LogP contribution in [0.2, 0.25) is 0 Å². The monoisotopic (exact) mass is 205 g/mol. The minimum Gasteiger partial charge on any atom is -0.327 e. The SMILES string of the molecule is CCCC(N)C1CC2=C(CCC=C2)C1C. The molecular weight excluding hydrogens is 182 g/mol. The second-order valence-corrected chi connectivity index (χ2v) is 5.10. The van der Waals surface area contributed by atoms with E-state index in [-0.39, 0.29) is 0 Å². The highest BCUT2D eigenvalue weighted by molar-refractivity contribution is 5.36. The van der Waals surface area contributed by atoms with Gasteiger partial charge in [0, 0.05) is 6.04 Å². The molecule has 2 aliphatic carbocycles. The number of allylic oxidation sites excluding steroid dienone is 4. The first-order valence-electron chi connectivity index (χ1n) is 6.38. The second kappa shape index (κ2) is 4.52. The molecule has 0 aromatic heterocycles. The Labute approximate surface area is 93.4 Å². The van der Waals surface area contributed by atoms with E-state index in [1.807, 2.05) is 0 Å². The van der Waals surface area contributed by atoms with Gasteiger partial charge in [0.25, 0.3) is 0 Å². The zero-order chi connectivity index (χ0) is 10.8. The molecule has 2 aliphatic rings. The van der Waals surface area contributed by atoms with E-state index in [1.165, 1.54) is 32.1 Å². The highest BCUT2D eigenvalue weighted by Gasteiger charge is 2.34. The summed E-state index contributed by atoms with van der Waals surface area (Å²) in [6.07, 6.45) is 10.8. The van der Waals surface area contributed by atoms with E-state index in [0.717, 1.165) is 5.92 Å². The van der Waals surface area contributed by atoms with Gasteiger partial charge in [-0.2, -0.15) is 0 Å². The normalized spacial score (nSPS) is 31.9. The van der Waals surface area contributed by atoms with Crippen LogP contribution in [-0.4, -0.2) is 6.04 Å². The molecule has 0 saturated heterocycles. The molecule has 0 bridgehead atoms. The molecule has 2 N–H and O–H groups in total. The molecule has 0 heterocycles. The number of hydrogen-bond acceptors (Lipinski definition) is 1. The van der Waals surface area contributed by atoms with Crippen molar-refractivity contribution in [1.29, 1.82) is 0 Å². The Morgan fingerprint density at radius 2 is 2.33 bits per heavy atom. The summed E-state index contributed by atoms with van der Waals surface area (Å²) < 4.78 is 0. The summed E-state index contributed by atoms with van der Waals surface area (Å²) in [6, 6.07) is 0.406. The lowest BCUT2D eigenvalue weighted by molar-refractivity contribution is 0.338. The molecule has 0 aromatic rings. The van der Waals surface area contributed by atoms with Crippen LogP contribution in [0.5, 0.6) is 0 Å². The van der Waals surface area contributed by atoms with E-state index in [2.05, 4.69) is 26.0 Å². The van der Waals surface area contributed by atoms with Crippen LogP contribution in [0.25, 0.3) is 0 Å². The second-order valence-electron chi connectivity index (χ2n) is 5.10. The standard InChI is InChI=1S/C14H23N/c1-3-6-14(15)13-9-11-7-4-5-8-12(11)10(13)2/h4,7,10,13-14H,3,5-6,8-9,15H2,1-2H3. The Balaban J connectivity index is 2.06. The zero-order valence-corrected chi connectivity index (χ0v) is 10.00. The van der Waals surface area contributed by atoms with Gasteiger partial charge in [-0.15, -0.1) is 0 Å². The Morgan fingerprint density at radius 1 is 1.53 bits per heavy atom. The van der Waals surface area contributed by atoms with E-state index in [1.54, 1.807) is 11.1 Å². The van der Waals surface area contributed by atoms with Crippen LogP contribution in [-0.2, 0) is 0 Å². The van der Waals surface area contributed by atoms with Gasteiger partial charge in [0.1, 0.15) is 0 Å². The summed E-state index contributed by atoms with van der Waals surface area (Å²) in [7, 11) is 0. The lowest BCUT2D eigenvalue weighted by Crippen LogP contribution is -2.32. The van der Waals surface area contributed by atoms with Crippen LogP contribution in [0, 0.1) is 11.8 Å². The van der Waals surface area contributed by atoms with Crippen LogP contribution in [0.3, 0.4) is 0 Å². The number of nitrogens with two attached hydrogens (primary N) is 1. The summed E-state index contributed by atoms with van der Waals surface area (Å²) in [4.78, 5) is 0. The van der Waals surface area contributed by atoms with Gasteiger partial charge in [-0.05, 0) is 43.1 Å². The van der Waals surface area contributed by atoms with Crippen molar-refractivity contribution in [3.8, 4) is 0 Å². The first-order chi connectivity index (χ1) is 7.24. The largest absolute Gasteiger partial charge is 0.327 e. The van der Waals surface area contributed by atoms with E-state index in [9.17, 15) is 0 Å². The average Bonchev–Trinajstić information content (AvgIpc) is 2.57. The van der Waals surface area contributed by atoms with Gasteiger partial charge in [0.05, 0.1) is 0 Å². The average molecular weight is 205 g/mol. The van der Waals surface area contributed by atoms with Crippen molar-refractivity contribution in [2.45, 2.75) is 52.0 Å². The third-order valence-corrected chi connectivity index (χ3v) is 4.13. The molecule has 2 rings (SSSR count). The Bertz CT molecular complexity index is 288. The van der Waals surface area contributed by atoms with Crippen LogP contribution in [0.1, 0.15) is 46.0 Å². The van der Waals surface area contributed by atoms with Gasteiger partial charge in [-0.1, -0.05) is 38.0 Å². The minimum absolute atomic E-state index is 0.406. The van der Waals surface area contributed by atoms with Gasteiger partial charge >= 0.3 is 0 Å². The molecule has 0 radical (unpaired) electrons. The molecule has 84 valence electrons. The molecule has 1 heteroatoms. The van der Waals surface area contributed by atoms with Gasteiger partial charge < -0.3 is 5.73 Å². The van der Waals surface area contributed by atoms with Crippen LogP contribution in [0.4, 0.5) is 0 Å². The molecular formula is C14H23N. The summed E-state index contributed by atoms with van der Waals surface area (Å²) in [5, 5.41) is 0. The predicted molar refractivity (Wildman–Crippen MR) is 65.6 cm³/mol. The Hall–Kier alpha value is -0.560. The first kappa shape index (κ1) is 10.9. The quantitative estimate of drug-likeness (QED) is 0.750. The third kappa shape index (κ3) is 2.03. The number of rotatable bonds is 3. The fourth-order valence-electron chi connectivity index (χ4n) is 3.21. The van der Waals surface area contributed by atoms with Gasteiger partial charge in [0.2, 0.25) is 0 Å². The smallest absolute Gasteiger partial charge is 0.00758 e. The molecule has 0 amide bonds. The molecule has 0 aliphatic heterocycles. The van der Waals surface area contributed by atoms with Crippen molar-refractivity contribution in [2.24, 2.45) is 17.6 Å². The molecule has 0 aromatic carbocycles. The Morgan fingerprint density at radius 3 is 3.00 bits per heavy atom. The summed E-state index contributed by atoms with van der Waals surface area (Å²) >= 11 is 0. The maximum Gasteiger partial charge on any atom is 0.00758 e. The summed E-state index contributed by atoms with van der Waals surface area (Å²) in [6.45, 7) is 4.61. The highest BCUT2D eigenvalue weighted by Crippen LogP contribution is 2.43. The topological polar surface area (TPSA) is 26.0 Å². The van der Waals surface area contributed by atoms with Crippen LogP contribution in [0.15, 0.2) is 23.3 Å². The van der Waals surface area contributed by atoms with Crippen molar-refractivity contribution in [1.82, 2.24) is 0 Å². The van der Waals surface area contributed by atoms with Gasteiger partial charge in [0.15, 0.2) is 0 Å². The molecule has 15 heavy (non-hydrogen) atoms. The fraction of sp³-hybridized carbons (Fsp3) is 0.714. The van der Waals surface area contributed by atoms with Crippen molar-refractivity contribution in [2.75, 3.05) is 0 Å². The van der Waals surface area contributed by atoms with Crippen molar-refractivity contribution in [3.05, 3.63) is 23.3 Å². The van der Waals surface area contributed by atoms with Gasteiger partial charge in [-0.25, -0.2) is 0 Å². The zero-order valence-electron chi connectivity index (χ0n) is 10.00. The van der Waals surface area contributed by atoms with Crippen LogP contribution >= 0.6 is 0 Å². The molecule has 0 spiro atoms. The lowest BCUT2D eigenvalue weighted by Gasteiger charge is -2.24. The van der Waals surface area contributed by atoms with Crippen molar-refractivity contribution in [3.63, 3.8) is 0 Å². The van der Waals surface area contributed by atoms with E-state index in [0.29, 0.717) is 12.0 Å². The fourth-order valence-corrected chi connectivity index (χ4v) is 3.21.